The van der Waals surface area contributed by atoms with Crippen LogP contribution >= 0.6 is 11.6 Å². The molecule has 1 aromatic heterocycles. The highest BCUT2D eigenvalue weighted by atomic mass is 35.5. The van der Waals surface area contributed by atoms with Crippen LogP contribution in [-0.4, -0.2) is 16.1 Å². The number of carbonyl (C=O) groups excluding carboxylic acids is 1. The summed E-state index contributed by atoms with van der Waals surface area (Å²) in [7, 11) is 0. The molecule has 0 unspecified atom stereocenters. The van der Waals surface area contributed by atoms with Crippen molar-refractivity contribution in [2.75, 3.05) is 5.32 Å². The Labute approximate surface area is 143 Å². The lowest BCUT2D eigenvalue weighted by Gasteiger charge is -2.12. The van der Waals surface area contributed by atoms with Crippen LogP contribution in [0, 0.1) is 0 Å². The van der Waals surface area contributed by atoms with Gasteiger partial charge in [0.15, 0.2) is 5.69 Å². The first-order valence-corrected chi connectivity index (χ1v) is 7.30. The number of hydrogen-bond acceptors (Lipinski definition) is 3. The summed E-state index contributed by atoms with van der Waals surface area (Å²) in [4.78, 5) is 24.1. The molecule has 3 aromatic rings. The van der Waals surface area contributed by atoms with E-state index >= 15 is 0 Å². The lowest BCUT2D eigenvalue weighted by Crippen LogP contribution is -2.19. The van der Waals surface area contributed by atoms with Crippen molar-refractivity contribution in [1.82, 2.24) is 10.2 Å². The molecule has 5 nitrogen and oxygen atoms in total. The molecule has 25 heavy (non-hydrogen) atoms. The number of fused-ring (bicyclic) bond motifs is 1. The number of benzene rings is 2. The predicted octanol–water partition coefficient (Wildman–Crippen LogP) is 3.85. The fraction of sp³-hybridized carbons (Fsp3) is 0.0625. The van der Waals surface area contributed by atoms with Crippen molar-refractivity contribution in [3.63, 3.8) is 0 Å². The van der Waals surface area contributed by atoms with Crippen molar-refractivity contribution in [3.8, 4) is 0 Å². The number of nitrogens with one attached hydrogen (secondary N) is 2. The van der Waals surface area contributed by atoms with Crippen LogP contribution in [-0.2, 0) is 6.18 Å². The van der Waals surface area contributed by atoms with Crippen LogP contribution in [0.15, 0.2) is 47.3 Å². The summed E-state index contributed by atoms with van der Waals surface area (Å²) >= 11 is 5.55. The molecular weight excluding hydrogens is 359 g/mol. The van der Waals surface area contributed by atoms with Gasteiger partial charge < -0.3 is 5.32 Å². The molecule has 2 N–H and O–H groups in total. The molecule has 0 bridgehead atoms. The van der Waals surface area contributed by atoms with E-state index in [4.69, 9.17) is 11.6 Å². The Hall–Kier alpha value is -2.87. The van der Waals surface area contributed by atoms with E-state index in [1.54, 1.807) is 12.1 Å². The SMILES string of the molecule is O=C(Nc1ccc(Cl)c(C(F)(F)F)c1)c1n[nH]c(=O)c2ccccc12. The molecule has 0 aliphatic carbocycles. The molecule has 1 amide bonds. The van der Waals surface area contributed by atoms with E-state index in [2.05, 4.69) is 15.5 Å². The summed E-state index contributed by atoms with van der Waals surface area (Å²) in [6, 6.07) is 9.28. The highest BCUT2D eigenvalue weighted by molar-refractivity contribution is 6.31. The molecule has 0 aliphatic rings. The number of aromatic amines is 1. The number of amides is 1. The fourth-order valence-electron chi connectivity index (χ4n) is 2.30. The highest BCUT2D eigenvalue weighted by Gasteiger charge is 2.33. The molecule has 2 aromatic carbocycles. The number of rotatable bonds is 2. The molecule has 0 saturated carbocycles. The van der Waals surface area contributed by atoms with Crippen molar-refractivity contribution < 1.29 is 18.0 Å². The van der Waals surface area contributed by atoms with Gasteiger partial charge >= 0.3 is 6.18 Å². The summed E-state index contributed by atoms with van der Waals surface area (Å²) in [5.74, 6) is -0.761. The first-order chi connectivity index (χ1) is 11.8. The average Bonchev–Trinajstić information content (AvgIpc) is 2.56. The Morgan fingerprint density at radius 3 is 2.48 bits per heavy atom. The number of anilines is 1. The van der Waals surface area contributed by atoms with Crippen LogP contribution in [0.3, 0.4) is 0 Å². The fourth-order valence-corrected chi connectivity index (χ4v) is 2.52. The first kappa shape index (κ1) is 17.0. The van der Waals surface area contributed by atoms with Gasteiger partial charge in [0.05, 0.1) is 16.0 Å². The Bertz CT molecular complexity index is 1030. The number of carbonyl (C=O) groups is 1. The van der Waals surface area contributed by atoms with E-state index in [1.165, 1.54) is 18.2 Å². The van der Waals surface area contributed by atoms with Crippen molar-refractivity contribution in [3.05, 3.63) is 69.1 Å². The number of nitrogens with zero attached hydrogens (tertiary/aromatic N) is 1. The topological polar surface area (TPSA) is 74.8 Å². The predicted molar refractivity (Wildman–Crippen MR) is 86.8 cm³/mol. The summed E-state index contributed by atoms with van der Waals surface area (Å²) in [6.45, 7) is 0. The summed E-state index contributed by atoms with van der Waals surface area (Å²) in [5, 5.41) is 8.26. The van der Waals surface area contributed by atoms with E-state index in [-0.39, 0.29) is 22.2 Å². The minimum absolute atomic E-state index is 0.0983. The quantitative estimate of drug-likeness (QED) is 0.722. The van der Waals surface area contributed by atoms with E-state index in [9.17, 15) is 22.8 Å². The van der Waals surface area contributed by atoms with Gasteiger partial charge in [-0.25, -0.2) is 5.10 Å². The molecule has 9 heteroatoms. The number of alkyl halides is 3. The van der Waals surface area contributed by atoms with Gasteiger partial charge in [-0.15, -0.1) is 0 Å². The number of H-pyrrole nitrogens is 1. The molecule has 1 heterocycles. The van der Waals surface area contributed by atoms with Crippen LogP contribution in [0.2, 0.25) is 5.02 Å². The largest absolute Gasteiger partial charge is 0.417 e. The lowest BCUT2D eigenvalue weighted by molar-refractivity contribution is -0.137. The van der Waals surface area contributed by atoms with Gasteiger partial charge in [0, 0.05) is 11.1 Å². The van der Waals surface area contributed by atoms with Crippen LogP contribution in [0.4, 0.5) is 18.9 Å². The number of aromatic nitrogens is 2. The highest BCUT2D eigenvalue weighted by Crippen LogP contribution is 2.36. The molecule has 0 atom stereocenters. The van der Waals surface area contributed by atoms with Crippen LogP contribution in [0.1, 0.15) is 16.1 Å². The van der Waals surface area contributed by atoms with Crippen molar-refractivity contribution in [2.45, 2.75) is 6.18 Å². The van der Waals surface area contributed by atoms with Gasteiger partial charge in [-0.2, -0.15) is 18.3 Å². The molecule has 0 radical (unpaired) electrons. The maximum atomic E-state index is 12.9. The second-order valence-electron chi connectivity index (χ2n) is 5.09. The van der Waals surface area contributed by atoms with Gasteiger partial charge in [0.1, 0.15) is 0 Å². The Morgan fingerprint density at radius 2 is 1.80 bits per heavy atom. The molecule has 128 valence electrons. The van der Waals surface area contributed by atoms with Gasteiger partial charge in [-0.3, -0.25) is 9.59 Å². The second kappa shape index (κ2) is 6.21. The average molecular weight is 368 g/mol. The Kier molecular flexibility index (Phi) is 4.22. The summed E-state index contributed by atoms with van der Waals surface area (Å²) in [6.07, 6.45) is -4.65. The van der Waals surface area contributed by atoms with Crippen LogP contribution in [0.25, 0.3) is 10.8 Å². The van der Waals surface area contributed by atoms with Crippen molar-refractivity contribution >= 4 is 34.0 Å². The molecule has 0 spiro atoms. The third-order valence-electron chi connectivity index (χ3n) is 3.44. The van der Waals surface area contributed by atoms with Gasteiger partial charge in [0.2, 0.25) is 0 Å². The van der Waals surface area contributed by atoms with Crippen molar-refractivity contribution in [2.24, 2.45) is 0 Å². The molecule has 0 saturated heterocycles. The maximum Gasteiger partial charge on any atom is 0.417 e. The second-order valence-corrected chi connectivity index (χ2v) is 5.50. The molecule has 0 aliphatic heterocycles. The lowest BCUT2D eigenvalue weighted by atomic mass is 10.1. The molecular formula is C16H9ClF3N3O2. The van der Waals surface area contributed by atoms with Crippen molar-refractivity contribution in [1.29, 1.82) is 0 Å². The van der Waals surface area contributed by atoms with Gasteiger partial charge in [0.25, 0.3) is 11.5 Å². The van der Waals surface area contributed by atoms with Crippen LogP contribution in [0.5, 0.6) is 0 Å². The van der Waals surface area contributed by atoms with E-state index < -0.39 is 28.2 Å². The third-order valence-corrected chi connectivity index (χ3v) is 3.77. The summed E-state index contributed by atoms with van der Waals surface area (Å²) < 4.78 is 38.7. The van der Waals surface area contributed by atoms with Gasteiger partial charge in [-0.1, -0.05) is 29.8 Å². The first-order valence-electron chi connectivity index (χ1n) is 6.93. The third kappa shape index (κ3) is 3.34. The molecule has 3 rings (SSSR count). The monoisotopic (exact) mass is 367 g/mol. The zero-order valence-corrected chi connectivity index (χ0v) is 13.1. The minimum atomic E-state index is -4.65. The normalized spacial score (nSPS) is 11.5. The standard InChI is InChI=1S/C16H9ClF3N3O2/c17-12-6-5-8(7-11(12)16(18,19)20)21-15(25)13-9-3-1-2-4-10(9)14(24)23-22-13/h1-7H,(H,21,25)(H,23,24). The van der Waals surface area contributed by atoms with E-state index in [0.717, 1.165) is 12.1 Å². The van der Waals surface area contributed by atoms with E-state index in [1.807, 2.05) is 0 Å². The minimum Gasteiger partial charge on any atom is -0.321 e. The van der Waals surface area contributed by atoms with Gasteiger partial charge in [-0.05, 0) is 24.3 Å². The zero-order valence-electron chi connectivity index (χ0n) is 12.3. The Balaban J connectivity index is 1.99. The van der Waals surface area contributed by atoms with E-state index in [0.29, 0.717) is 0 Å². The summed E-state index contributed by atoms with van der Waals surface area (Å²) in [5.41, 5.74) is -1.75. The smallest absolute Gasteiger partial charge is 0.321 e. The maximum absolute atomic E-state index is 12.9. The van der Waals surface area contributed by atoms with Crippen LogP contribution < -0.4 is 10.9 Å². The zero-order chi connectivity index (χ0) is 18.2. The molecule has 0 fully saturated rings. The number of hydrogen-bond donors (Lipinski definition) is 2. The number of halogens is 4. The Morgan fingerprint density at radius 1 is 1.12 bits per heavy atom.